The fourth-order valence-electron chi connectivity index (χ4n) is 0.873. The van der Waals surface area contributed by atoms with Crippen molar-refractivity contribution in [3.63, 3.8) is 0 Å². The Morgan fingerprint density at radius 2 is 2.17 bits per heavy atom. The van der Waals surface area contributed by atoms with Gasteiger partial charge in [-0.3, -0.25) is 4.79 Å². The molecule has 2 nitrogen and oxygen atoms in total. The van der Waals surface area contributed by atoms with Crippen LogP contribution in [-0.4, -0.2) is 5.78 Å². The maximum absolute atomic E-state index is 12.8. The van der Waals surface area contributed by atoms with Gasteiger partial charge in [-0.1, -0.05) is 0 Å². The van der Waals surface area contributed by atoms with Crippen molar-refractivity contribution < 1.29 is 9.18 Å². The molecule has 1 aromatic rings. The number of carbonyl (C=O) groups is 1. The summed E-state index contributed by atoms with van der Waals surface area (Å²) in [5.41, 5.74) is 5.97. The molecule has 0 unspecified atom stereocenters. The van der Waals surface area contributed by atoms with E-state index in [1.165, 1.54) is 19.1 Å². The molecule has 0 fully saturated rings. The number of halogens is 2. The molecule has 0 radical (unpaired) electrons. The highest BCUT2D eigenvalue weighted by atomic mass is 79.9. The molecule has 0 heterocycles. The van der Waals surface area contributed by atoms with Crippen LogP contribution >= 0.6 is 15.9 Å². The van der Waals surface area contributed by atoms with Gasteiger partial charge in [0.15, 0.2) is 5.78 Å². The Morgan fingerprint density at radius 1 is 1.58 bits per heavy atom. The first-order chi connectivity index (χ1) is 5.54. The van der Waals surface area contributed by atoms with E-state index in [0.717, 1.165) is 0 Å². The average Bonchev–Trinajstić information content (AvgIpc) is 2.00. The molecule has 0 amide bonds. The lowest BCUT2D eigenvalue weighted by Crippen LogP contribution is -2.01. The standard InChI is InChI=1S/C8H7BrFNO/c1-4(12)5-2-3-6(10)7(9)8(5)11/h2-3H,11H2,1H3. The Balaban J connectivity index is 3.36. The summed E-state index contributed by atoms with van der Waals surface area (Å²) in [4.78, 5) is 10.9. The van der Waals surface area contributed by atoms with E-state index in [-0.39, 0.29) is 15.9 Å². The summed E-state index contributed by atoms with van der Waals surface area (Å²) < 4.78 is 12.9. The van der Waals surface area contributed by atoms with Gasteiger partial charge in [-0.15, -0.1) is 0 Å². The van der Waals surface area contributed by atoms with E-state index in [0.29, 0.717) is 5.56 Å². The number of anilines is 1. The number of nitrogen functional groups attached to an aromatic ring is 1. The van der Waals surface area contributed by atoms with Gasteiger partial charge in [0.1, 0.15) is 5.82 Å². The molecule has 0 aromatic heterocycles. The summed E-state index contributed by atoms with van der Waals surface area (Å²) in [6.45, 7) is 1.38. The Hall–Kier alpha value is -0.900. The molecule has 0 saturated heterocycles. The zero-order valence-electron chi connectivity index (χ0n) is 6.40. The molecule has 0 bridgehead atoms. The highest BCUT2D eigenvalue weighted by molar-refractivity contribution is 9.10. The third-order valence-electron chi connectivity index (χ3n) is 1.51. The molecule has 0 spiro atoms. The Labute approximate surface area is 77.7 Å². The van der Waals surface area contributed by atoms with Crippen molar-refractivity contribution in [1.29, 1.82) is 0 Å². The Morgan fingerprint density at radius 3 is 2.67 bits per heavy atom. The van der Waals surface area contributed by atoms with Crippen molar-refractivity contribution in [3.05, 3.63) is 28.0 Å². The smallest absolute Gasteiger partial charge is 0.161 e. The van der Waals surface area contributed by atoms with Crippen LogP contribution in [0.3, 0.4) is 0 Å². The monoisotopic (exact) mass is 231 g/mol. The van der Waals surface area contributed by atoms with Gasteiger partial charge in [0.05, 0.1) is 10.2 Å². The van der Waals surface area contributed by atoms with E-state index in [1.54, 1.807) is 0 Å². The molecule has 12 heavy (non-hydrogen) atoms. The van der Waals surface area contributed by atoms with Gasteiger partial charge in [-0.25, -0.2) is 4.39 Å². The number of hydrogen-bond acceptors (Lipinski definition) is 2. The lowest BCUT2D eigenvalue weighted by atomic mass is 10.1. The summed E-state index contributed by atoms with van der Waals surface area (Å²) >= 11 is 2.95. The fraction of sp³-hybridized carbons (Fsp3) is 0.125. The highest BCUT2D eigenvalue weighted by Gasteiger charge is 2.10. The number of Topliss-reactive ketones (excluding diaryl/α,β-unsaturated/α-hetero) is 1. The number of carbonyl (C=O) groups excluding carboxylic acids is 1. The summed E-state index contributed by atoms with van der Waals surface area (Å²) in [7, 11) is 0. The van der Waals surface area contributed by atoms with Crippen LogP contribution in [0.25, 0.3) is 0 Å². The third kappa shape index (κ3) is 1.48. The van der Waals surface area contributed by atoms with E-state index in [4.69, 9.17) is 5.73 Å². The summed E-state index contributed by atoms with van der Waals surface area (Å²) in [6.07, 6.45) is 0. The van der Waals surface area contributed by atoms with Gasteiger partial charge in [-0.2, -0.15) is 0 Å². The van der Waals surface area contributed by atoms with E-state index >= 15 is 0 Å². The molecule has 0 aliphatic rings. The van der Waals surface area contributed by atoms with Gasteiger partial charge >= 0.3 is 0 Å². The molecular weight excluding hydrogens is 225 g/mol. The Kier molecular flexibility index (Phi) is 2.47. The van der Waals surface area contributed by atoms with E-state index in [1.807, 2.05) is 0 Å². The number of rotatable bonds is 1. The largest absolute Gasteiger partial charge is 0.397 e. The molecule has 64 valence electrons. The van der Waals surface area contributed by atoms with Crippen LogP contribution in [0.4, 0.5) is 10.1 Å². The summed E-state index contributed by atoms with van der Waals surface area (Å²) in [6, 6.07) is 2.58. The summed E-state index contributed by atoms with van der Waals surface area (Å²) in [5, 5.41) is 0. The zero-order valence-corrected chi connectivity index (χ0v) is 7.98. The molecular formula is C8H7BrFNO. The zero-order chi connectivity index (χ0) is 9.30. The quantitative estimate of drug-likeness (QED) is 0.596. The predicted octanol–water partition coefficient (Wildman–Crippen LogP) is 2.37. The van der Waals surface area contributed by atoms with Crippen molar-refractivity contribution in [2.45, 2.75) is 6.92 Å². The van der Waals surface area contributed by atoms with Crippen molar-refractivity contribution in [3.8, 4) is 0 Å². The van der Waals surface area contributed by atoms with Crippen LogP contribution in [0.1, 0.15) is 17.3 Å². The molecule has 1 aromatic carbocycles. The topological polar surface area (TPSA) is 43.1 Å². The van der Waals surface area contributed by atoms with Gasteiger partial charge in [-0.05, 0) is 35.0 Å². The first-order valence-electron chi connectivity index (χ1n) is 3.28. The number of hydrogen-bond donors (Lipinski definition) is 1. The van der Waals surface area contributed by atoms with Gasteiger partial charge in [0.2, 0.25) is 0 Å². The SMILES string of the molecule is CC(=O)c1ccc(F)c(Br)c1N. The number of nitrogens with two attached hydrogens (primary N) is 1. The van der Waals surface area contributed by atoms with Crippen LogP contribution in [0.15, 0.2) is 16.6 Å². The van der Waals surface area contributed by atoms with Gasteiger partial charge < -0.3 is 5.73 Å². The minimum Gasteiger partial charge on any atom is -0.397 e. The van der Waals surface area contributed by atoms with Crippen LogP contribution in [-0.2, 0) is 0 Å². The minimum absolute atomic E-state index is 0.148. The lowest BCUT2D eigenvalue weighted by molar-refractivity contribution is 0.101. The first kappa shape index (κ1) is 9.19. The average molecular weight is 232 g/mol. The normalized spacial score (nSPS) is 9.92. The summed E-state index contributed by atoms with van der Waals surface area (Å²) in [5.74, 6) is -0.634. The Bertz CT molecular complexity index is 338. The van der Waals surface area contributed by atoms with Crippen LogP contribution in [0.2, 0.25) is 0 Å². The highest BCUT2D eigenvalue weighted by Crippen LogP contribution is 2.26. The molecule has 4 heteroatoms. The number of ketones is 1. The van der Waals surface area contributed by atoms with Gasteiger partial charge in [0, 0.05) is 5.56 Å². The maximum Gasteiger partial charge on any atom is 0.161 e. The fourth-order valence-corrected chi connectivity index (χ4v) is 1.22. The second-order valence-electron chi connectivity index (χ2n) is 2.38. The first-order valence-corrected chi connectivity index (χ1v) is 4.07. The molecule has 0 atom stereocenters. The second-order valence-corrected chi connectivity index (χ2v) is 3.17. The lowest BCUT2D eigenvalue weighted by Gasteiger charge is -2.03. The van der Waals surface area contributed by atoms with Crippen LogP contribution in [0.5, 0.6) is 0 Å². The van der Waals surface area contributed by atoms with Crippen molar-refractivity contribution >= 4 is 27.4 Å². The number of benzene rings is 1. The predicted molar refractivity (Wildman–Crippen MR) is 48.5 cm³/mol. The van der Waals surface area contributed by atoms with Crippen molar-refractivity contribution in [2.24, 2.45) is 0 Å². The minimum atomic E-state index is -0.461. The van der Waals surface area contributed by atoms with E-state index < -0.39 is 5.82 Å². The third-order valence-corrected chi connectivity index (χ3v) is 2.32. The van der Waals surface area contributed by atoms with Crippen LogP contribution < -0.4 is 5.73 Å². The van der Waals surface area contributed by atoms with Crippen molar-refractivity contribution in [2.75, 3.05) is 5.73 Å². The van der Waals surface area contributed by atoms with Crippen molar-refractivity contribution in [1.82, 2.24) is 0 Å². The molecule has 0 saturated carbocycles. The van der Waals surface area contributed by atoms with Crippen LogP contribution in [0, 0.1) is 5.82 Å². The molecule has 0 aliphatic carbocycles. The molecule has 2 N–H and O–H groups in total. The van der Waals surface area contributed by atoms with E-state index in [9.17, 15) is 9.18 Å². The second kappa shape index (κ2) is 3.23. The van der Waals surface area contributed by atoms with Gasteiger partial charge in [0.25, 0.3) is 0 Å². The maximum atomic E-state index is 12.8. The molecule has 1 rings (SSSR count). The molecule has 0 aliphatic heterocycles. The van der Waals surface area contributed by atoms with E-state index in [2.05, 4.69) is 15.9 Å².